The largest absolute Gasteiger partial charge is 0.205 e. The summed E-state index contributed by atoms with van der Waals surface area (Å²) in [5, 5.41) is 1.09. The van der Waals surface area contributed by atoms with Crippen molar-refractivity contribution >= 4 is 24.9 Å². The molecule has 3 heteroatoms. The van der Waals surface area contributed by atoms with Crippen molar-refractivity contribution in [2.45, 2.75) is 26.6 Å². The van der Waals surface area contributed by atoms with E-state index >= 15 is 0 Å². The predicted octanol–water partition coefficient (Wildman–Crippen LogP) is 3.33. The SMILES string of the molecule is Cc1ccc([Si](C)(C)C)c(F)c1Cl. The van der Waals surface area contributed by atoms with Crippen LogP contribution in [-0.2, 0) is 0 Å². The number of halogens is 2. The lowest BCUT2D eigenvalue weighted by atomic mass is 10.2. The van der Waals surface area contributed by atoms with Crippen LogP contribution < -0.4 is 5.19 Å². The Balaban J connectivity index is 3.35. The second-order valence-electron chi connectivity index (χ2n) is 4.31. The molecule has 72 valence electrons. The molecule has 0 spiro atoms. The van der Waals surface area contributed by atoms with Gasteiger partial charge in [0, 0.05) is 0 Å². The summed E-state index contributed by atoms with van der Waals surface area (Å²) >= 11 is 5.84. The molecule has 1 aromatic rings. The maximum Gasteiger partial charge on any atom is 0.141 e. The number of benzene rings is 1. The highest BCUT2D eigenvalue weighted by Crippen LogP contribution is 2.19. The maximum absolute atomic E-state index is 13.7. The van der Waals surface area contributed by atoms with Gasteiger partial charge in [0.15, 0.2) is 0 Å². The summed E-state index contributed by atoms with van der Waals surface area (Å²) in [7, 11) is -1.59. The molecule has 0 aliphatic heterocycles. The van der Waals surface area contributed by atoms with Crippen LogP contribution in [0.4, 0.5) is 4.39 Å². The van der Waals surface area contributed by atoms with Crippen molar-refractivity contribution in [2.24, 2.45) is 0 Å². The third-order valence-corrected chi connectivity index (χ3v) is 4.55. The van der Waals surface area contributed by atoms with Crippen LogP contribution in [0.25, 0.3) is 0 Å². The predicted molar refractivity (Wildman–Crippen MR) is 59.1 cm³/mol. The van der Waals surface area contributed by atoms with Crippen LogP contribution in [-0.4, -0.2) is 8.07 Å². The van der Waals surface area contributed by atoms with Gasteiger partial charge in [0.25, 0.3) is 0 Å². The van der Waals surface area contributed by atoms with Crippen molar-refractivity contribution in [3.8, 4) is 0 Å². The van der Waals surface area contributed by atoms with Gasteiger partial charge in [-0.25, -0.2) is 4.39 Å². The van der Waals surface area contributed by atoms with E-state index in [2.05, 4.69) is 19.6 Å². The van der Waals surface area contributed by atoms with E-state index in [0.29, 0.717) is 0 Å². The van der Waals surface area contributed by atoms with Crippen LogP contribution in [0.1, 0.15) is 5.56 Å². The summed E-state index contributed by atoms with van der Waals surface area (Å²) < 4.78 is 13.7. The zero-order valence-corrected chi connectivity index (χ0v) is 10.2. The Morgan fingerprint density at radius 2 is 1.77 bits per heavy atom. The topological polar surface area (TPSA) is 0 Å². The van der Waals surface area contributed by atoms with Crippen molar-refractivity contribution in [3.63, 3.8) is 0 Å². The minimum absolute atomic E-state index is 0.221. The second kappa shape index (κ2) is 3.43. The first-order chi connectivity index (χ1) is 5.84. The molecule has 0 bridgehead atoms. The molecule has 0 aromatic heterocycles. The molecule has 1 aromatic carbocycles. The Hall–Kier alpha value is -0.343. The summed E-state index contributed by atoms with van der Waals surface area (Å²) in [5.74, 6) is -0.221. The summed E-state index contributed by atoms with van der Waals surface area (Å²) in [4.78, 5) is 0. The van der Waals surface area contributed by atoms with Gasteiger partial charge in [-0.05, 0) is 17.7 Å². The molecule has 0 atom stereocenters. The first-order valence-corrected chi connectivity index (χ1v) is 8.17. The van der Waals surface area contributed by atoms with Gasteiger partial charge in [-0.15, -0.1) is 0 Å². The van der Waals surface area contributed by atoms with Crippen LogP contribution in [0.2, 0.25) is 24.7 Å². The standard InChI is InChI=1S/C10H14ClFSi/c1-7-5-6-8(13(2,3)4)10(12)9(7)11/h5-6H,1-4H3. The number of rotatable bonds is 1. The van der Waals surface area contributed by atoms with Gasteiger partial charge in [-0.3, -0.25) is 0 Å². The zero-order valence-electron chi connectivity index (χ0n) is 8.41. The first kappa shape index (κ1) is 10.7. The Labute approximate surface area is 84.7 Å². The highest BCUT2D eigenvalue weighted by Gasteiger charge is 2.22. The molecule has 13 heavy (non-hydrogen) atoms. The smallest absolute Gasteiger partial charge is 0.141 e. The molecule has 0 nitrogen and oxygen atoms in total. The maximum atomic E-state index is 13.7. The Morgan fingerprint density at radius 3 is 2.23 bits per heavy atom. The minimum Gasteiger partial charge on any atom is -0.205 e. The average molecular weight is 217 g/mol. The molecule has 0 aliphatic carbocycles. The van der Waals surface area contributed by atoms with Gasteiger partial charge in [0.05, 0.1) is 13.1 Å². The Morgan fingerprint density at radius 1 is 1.23 bits per heavy atom. The minimum atomic E-state index is -1.59. The van der Waals surface area contributed by atoms with Gasteiger partial charge in [-0.1, -0.05) is 43.4 Å². The molecule has 0 aliphatic rings. The van der Waals surface area contributed by atoms with Gasteiger partial charge >= 0.3 is 0 Å². The molecule has 0 fully saturated rings. The molecular weight excluding hydrogens is 203 g/mol. The van der Waals surface area contributed by atoms with Crippen molar-refractivity contribution in [1.82, 2.24) is 0 Å². The fraction of sp³-hybridized carbons (Fsp3) is 0.400. The van der Waals surface area contributed by atoms with E-state index in [4.69, 9.17) is 11.6 Å². The fourth-order valence-electron chi connectivity index (χ4n) is 1.23. The summed E-state index contributed by atoms with van der Waals surface area (Å²) in [6.07, 6.45) is 0. The highest BCUT2D eigenvalue weighted by atomic mass is 35.5. The van der Waals surface area contributed by atoms with Crippen LogP contribution in [0.15, 0.2) is 12.1 Å². The van der Waals surface area contributed by atoms with E-state index in [1.165, 1.54) is 0 Å². The number of hydrogen-bond donors (Lipinski definition) is 0. The van der Waals surface area contributed by atoms with E-state index in [1.54, 1.807) is 0 Å². The van der Waals surface area contributed by atoms with Gasteiger partial charge in [0.1, 0.15) is 5.82 Å². The number of aryl methyl sites for hydroxylation is 1. The van der Waals surface area contributed by atoms with E-state index in [-0.39, 0.29) is 10.8 Å². The van der Waals surface area contributed by atoms with Crippen LogP contribution in [0, 0.1) is 12.7 Å². The summed E-state index contributed by atoms with van der Waals surface area (Å²) in [5.41, 5.74) is 0.807. The molecule has 0 radical (unpaired) electrons. The van der Waals surface area contributed by atoms with Crippen molar-refractivity contribution in [2.75, 3.05) is 0 Å². The van der Waals surface area contributed by atoms with E-state index in [1.807, 2.05) is 19.1 Å². The van der Waals surface area contributed by atoms with Crippen molar-refractivity contribution in [3.05, 3.63) is 28.5 Å². The summed E-state index contributed by atoms with van der Waals surface area (Å²) in [6.45, 7) is 8.14. The molecule has 0 N–H and O–H groups in total. The summed E-state index contributed by atoms with van der Waals surface area (Å²) in [6, 6.07) is 3.75. The molecular formula is C10H14ClFSi. The van der Waals surface area contributed by atoms with E-state index in [9.17, 15) is 4.39 Å². The van der Waals surface area contributed by atoms with Gasteiger partial charge in [0.2, 0.25) is 0 Å². The third kappa shape index (κ3) is 2.12. The van der Waals surface area contributed by atoms with Gasteiger partial charge < -0.3 is 0 Å². The molecule has 0 saturated heterocycles. The normalized spacial score (nSPS) is 11.8. The molecule has 0 unspecified atom stereocenters. The highest BCUT2D eigenvalue weighted by molar-refractivity contribution is 6.88. The van der Waals surface area contributed by atoms with Crippen molar-refractivity contribution in [1.29, 1.82) is 0 Å². The quantitative estimate of drug-likeness (QED) is 0.632. The first-order valence-electron chi connectivity index (χ1n) is 4.29. The lowest BCUT2D eigenvalue weighted by molar-refractivity contribution is 0.634. The molecule has 0 saturated carbocycles. The second-order valence-corrected chi connectivity index (χ2v) is 9.72. The monoisotopic (exact) mass is 216 g/mol. The van der Waals surface area contributed by atoms with E-state index < -0.39 is 8.07 Å². The van der Waals surface area contributed by atoms with E-state index in [0.717, 1.165) is 10.8 Å². The van der Waals surface area contributed by atoms with Crippen LogP contribution >= 0.6 is 11.6 Å². The molecule has 0 amide bonds. The Kier molecular flexibility index (Phi) is 2.83. The lowest BCUT2D eigenvalue weighted by Gasteiger charge is -2.18. The van der Waals surface area contributed by atoms with Crippen LogP contribution in [0.3, 0.4) is 0 Å². The fourth-order valence-corrected chi connectivity index (χ4v) is 2.84. The van der Waals surface area contributed by atoms with Gasteiger partial charge in [-0.2, -0.15) is 0 Å². The molecule has 0 heterocycles. The Bertz CT molecular complexity index is 328. The lowest BCUT2D eigenvalue weighted by Crippen LogP contribution is -2.40. The molecule has 1 rings (SSSR count). The average Bonchev–Trinajstić information content (AvgIpc) is 1.98. The van der Waals surface area contributed by atoms with Crippen LogP contribution in [0.5, 0.6) is 0 Å². The number of hydrogen-bond acceptors (Lipinski definition) is 0. The zero-order chi connectivity index (χ0) is 10.2. The third-order valence-electron chi connectivity index (χ3n) is 2.08. The van der Waals surface area contributed by atoms with Crippen molar-refractivity contribution < 1.29 is 4.39 Å².